The molecule has 0 aromatic carbocycles. The van der Waals surface area contributed by atoms with Gasteiger partial charge in [0.2, 0.25) is 0 Å². The highest BCUT2D eigenvalue weighted by Gasteiger charge is 3.10. The third-order valence-electron chi connectivity index (χ3n) is 9.42. The van der Waals surface area contributed by atoms with Crippen molar-refractivity contribution in [2.45, 2.75) is 32.9 Å². The van der Waals surface area contributed by atoms with E-state index in [1.807, 2.05) is 0 Å². The number of aliphatic hydroxyl groups is 1. The van der Waals surface area contributed by atoms with Crippen LogP contribution < -0.4 is 5.32 Å². The maximum atomic E-state index is 9.84. The highest BCUT2D eigenvalue weighted by atomic mass is 16.3. The van der Waals surface area contributed by atoms with E-state index in [-0.39, 0.29) is 0 Å². The smallest absolute Gasteiger partial charge is 0.152 e. The Morgan fingerprint density at radius 3 is 2.40 bits per heavy atom. The van der Waals surface area contributed by atoms with Crippen molar-refractivity contribution in [3.63, 3.8) is 0 Å². The summed E-state index contributed by atoms with van der Waals surface area (Å²) in [6.45, 7) is 8.17. The summed E-state index contributed by atoms with van der Waals surface area (Å²) in [6, 6.07) is 0. The summed E-state index contributed by atoms with van der Waals surface area (Å²) >= 11 is 0. The van der Waals surface area contributed by atoms with Gasteiger partial charge in [-0.1, -0.05) is 13.8 Å². The van der Waals surface area contributed by atoms with Crippen LogP contribution in [0, 0.1) is 46.3 Å². The third-order valence-corrected chi connectivity index (χ3v) is 9.42. The Morgan fingerprint density at radius 2 is 1.80 bits per heavy atom. The molecule has 0 radical (unpaired) electrons. The molecule has 0 aromatic heterocycles. The Morgan fingerprint density at radius 1 is 1.12 bits per heavy atom. The lowest BCUT2D eigenvalue weighted by molar-refractivity contribution is -0.664. The normalized spacial score (nSPS) is 57.0. The van der Waals surface area contributed by atoms with Gasteiger partial charge in [0.05, 0.1) is 12.4 Å². The fourth-order valence-electron chi connectivity index (χ4n) is 9.10. The molecular weight excluding hydrogens is 312 g/mol. The topological polar surface area (TPSA) is 51.1 Å². The molecule has 2 heterocycles. The number of rotatable bonds is 6. The van der Waals surface area contributed by atoms with Gasteiger partial charge in [0, 0.05) is 36.7 Å². The first kappa shape index (κ1) is 13.9. The largest absolute Gasteiger partial charge is 0.396 e. The number of amidine groups is 1. The van der Waals surface area contributed by atoms with E-state index < -0.39 is 0 Å². The van der Waals surface area contributed by atoms with Gasteiger partial charge in [-0.15, -0.1) is 0 Å². The Labute approximate surface area is 149 Å². The van der Waals surface area contributed by atoms with Gasteiger partial charge < -0.3 is 20.2 Å². The minimum atomic E-state index is 0.315. The van der Waals surface area contributed by atoms with Crippen LogP contribution in [0.4, 0.5) is 0 Å². The second-order valence-corrected chi connectivity index (χ2v) is 9.68. The number of fused-ring (bicyclic) bond motifs is 1. The van der Waals surface area contributed by atoms with Crippen LogP contribution in [0.15, 0.2) is 16.9 Å². The quantitative estimate of drug-likeness (QED) is 0.765. The minimum Gasteiger partial charge on any atom is -0.396 e. The highest BCUT2D eigenvalue weighted by Crippen LogP contribution is 3.10. The molecule has 134 valence electrons. The molecule has 8 aliphatic rings. The van der Waals surface area contributed by atoms with Crippen LogP contribution in [0.1, 0.15) is 26.7 Å². The van der Waals surface area contributed by atoms with E-state index in [2.05, 4.69) is 35.2 Å². The molecule has 25 heavy (non-hydrogen) atoms. The molecule has 2 aliphatic heterocycles. The molecule has 5 nitrogen and oxygen atoms in total. The van der Waals surface area contributed by atoms with Crippen LogP contribution in [0.5, 0.6) is 0 Å². The van der Waals surface area contributed by atoms with E-state index in [1.54, 1.807) is 0 Å². The SMILES string of the molecule is CCCN1C=C2NC(C34C5C6C3C3C4C5C63CO)N=C2N(CCC)C1. The number of nitrogens with zero attached hydrogens (tertiary/aromatic N) is 3. The van der Waals surface area contributed by atoms with Crippen LogP contribution in [-0.4, -0.2) is 53.3 Å². The maximum absolute atomic E-state index is 9.84. The molecule has 5 heteroatoms. The van der Waals surface area contributed by atoms with Crippen molar-refractivity contribution in [2.24, 2.45) is 51.3 Å². The summed E-state index contributed by atoms with van der Waals surface area (Å²) < 4.78 is 0. The van der Waals surface area contributed by atoms with E-state index in [1.165, 1.54) is 24.4 Å². The first-order valence-electron chi connectivity index (χ1n) is 10.4. The second kappa shape index (κ2) is 3.88. The van der Waals surface area contributed by atoms with Crippen molar-refractivity contribution in [1.29, 1.82) is 0 Å². The molecule has 6 fully saturated rings. The Bertz CT molecular complexity index is 688. The van der Waals surface area contributed by atoms with Gasteiger partial charge in [-0.05, 0) is 48.3 Å². The zero-order valence-electron chi connectivity index (χ0n) is 15.2. The average molecular weight is 340 g/mol. The predicted octanol–water partition coefficient (Wildman–Crippen LogP) is 1.28. The lowest BCUT2D eigenvalue weighted by atomic mass is 8.92. The van der Waals surface area contributed by atoms with E-state index in [9.17, 15) is 5.11 Å². The molecule has 0 saturated heterocycles. The number of nitrogens with one attached hydrogen (secondary N) is 1. The molecule has 8 rings (SSSR count). The molecule has 6 saturated carbocycles. The summed E-state index contributed by atoms with van der Waals surface area (Å²) in [4.78, 5) is 10.2. The number of hydrogen-bond donors (Lipinski definition) is 2. The molecule has 0 bridgehead atoms. The fourth-order valence-corrected chi connectivity index (χ4v) is 9.10. The molecule has 6 aliphatic carbocycles. The Hall–Kier alpha value is -1.23. The molecule has 0 spiro atoms. The van der Waals surface area contributed by atoms with Crippen molar-refractivity contribution in [1.82, 2.24) is 15.1 Å². The Kier molecular flexibility index (Phi) is 2.16. The highest BCUT2D eigenvalue weighted by molar-refractivity contribution is 6.00. The summed E-state index contributed by atoms with van der Waals surface area (Å²) in [5.41, 5.74) is 2.16. The zero-order chi connectivity index (χ0) is 16.7. The van der Waals surface area contributed by atoms with Crippen molar-refractivity contribution in [3.8, 4) is 0 Å². The number of aliphatic hydroxyl groups excluding tert-OH is 1. The van der Waals surface area contributed by atoms with Crippen LogP contribution >= 0.6 is 0 Å². The molecule has 0 amide bonds. The van der Waals surface area contributed by atoms with E-state index >= 15 is 0 Å². The molecule has 1 unspecified atom stereocenters. The minimum absolute atomic E-state index is 0.315. The van der Waals surface area contributed by atoms with Gasteiger partial charge in [-0.25, -0.2) is 4.99 Å². The fraction of sp³-hybridized carbons (Fsp3) is 0.850. The third kappa shape index (κ3) is 1.03. The van der Waals surface area contributed by atoms with Crippen LogP contribution in [0.25, 0.3) is 0 Å². The summed E-state index contributed by atoms with van der Waals surface area (Å²) in [5, 5.41) is 13.7. The van der Waals surface area contributed by atoms with Crippen LogP contribution in [0.3, 0.4) is 0 Å². The lowest BCUT2D eigenvalue weighted by Gasteiger charge is -3.11. The first-order valence-corrected chi connectivity index (χ1v) is 10.4. The van der Waals surface area contributed by atoms with Gasteiger partial charge >= 0.3 is 0 Å². The van der Waals surface area contributed by atoms with Crippen LogP contribution in [0.2, 0.25) is 0 Å². The number of aliphatic imine (C=N–C) groups is 1. The molecule has 2 N–H and O–H groups in total. The molecule has 0 aromatic rings. The monoisotopic (exact) mass is 340 g/mol. The van der Waals surface area contributed by atoms with Crippen molar-refractivity contribution in [2.75, 3.05) is 26.4 Å². The van der Waals surface area contributed by atoms with Gasteiger partial charge in [0.15, 0.2) is 5.84 Å². The van der Waals surface area contributed by atoms with E-state index in [4.69, 9.17) is 4.99 Å². The number of hydrogen-bond acceptors (Lipinski definition) is 5. The van der Waals surface area contributed by atoms with Crippen LogP contribution in [-0.2, 0) is 0 Å². The second-order valence-electron chi connectivity index (χ2n) is 9.68. The van der Waals surface area contributed by atoms with Crippen molar-refractivity contribution >= 4 is 5.84 Å². The summed E-state index contributed by atoms with van der Waals surface area (Å²) in [5.74, 6) is 6.46. The van der Waals surface area contributed by atoms with Crippen molar-refractivity contribution < 1.29 is 5.11 Å². The predicted molar refractivity (Wildman–Crippen MR) is 94.2 cm³/mol. The van der Waals surface area contributed by atoms with Gasteiger partial charge in [0.1, 0.15) is 6.17 Å². The summed E-state index contributed by atoms with van der Waals surface area (Å²) in [6.07, 6.45) is 4.99. The van der Waals surface area contributed by atoms with Gasteiger partial charge in [0.25, 0.3) is 0 Å². The summed E-state index contributed by atoms with van der Waals surface area (Å²) in [7, 11) is 0. The standard InChI is InChI=1S/C20H28N4O/c1-3-5-23-7-10-17(24(9-23)6-4-2)22-18(21-10)20-14-11-15(20)13-16(20)12(14)19(11,13)8-25/h7,11-16,18,21,25H,3-6,8-9H2,1-2H3. The van der Waals surface area contributed by atoms with E-state index in [0.717, 1.165) is 55.3 Å². The first-order chi connectivity index (χ1) is 12.2. The lowest BCUT2D eigenvalue weighted by Crippen LogP contribution is -3.11. The van der Waals surface area contributed by atoms with E-state index in [0.29, 0.717) is 23.6 Å². The van der Waals surface area contributed by atoms with Crippen molar-refractivity contribution in [3.05, 3.63) is 11.9 Å². The Balaban J connectivity index is 1.19. The average Bonchev–Trinajstić information content (AvgIpc) is 3.06. The zero-order valence-corrected chi connectivity index (χ0v) is 15.2. The maximum Gasteiger partial charge on any atom is 0.152 e. The molecular formula is C20H28N4O. The van der Waals surface area contributed by atoms with Gasteiger partial charge in [-0.3, -0.25) is 0 Å². The molecule has 1 atom stereocenters. The van der Waals surface area contributed by atoms with Gasteiger partial charge in [-0.2, -0.15) is 0 Å².